The molecular formula is C12H15FN2O. The molecule has 0 amide bonds. The summed E-state index contributed by atoms with van der Waals surface area (Å²) >= 11 is 0. The fourth-order valence-corrected chi connectivity index (χ4v) is 1.36. The van der Waals surface area contributed by atoms with Crippen LogP contribution in [0.15, 0.2) is 18.2 Å². The number of nitrogens with zero attached hydrogens (tertiary/aromatic N) is 1. The van der Waals surface area contributed by atoms with E-state index in [1.54, 1.807) is 6.07 Å². The van der Waals surface area contributed by atoms with Crippen LogP contribution >= 0.6 is 0 Å². The van der Waals surface area contributed by atoms with E-state index < -0.39 is 5.82 Å². The Hall–Kier alpha value is -1.60. The number of hydrogen-bond donors (Lipinski definition) is 1. The van der Waals surface area contributed by atoms with E-state index in [2.05, 4.69) is 5.32 Å². The quantitative estimate of drug-likeness (QED) is 0.832. The molecule has 0 fully saturated rings. The minimum atomic E-state index is -0.403. The smallest absolute Gasteiger partial charge is 0.124 e. The number of nitrogens with one attached hydrogen (secondary N) is 1. The zero-order valence-electron chi connectivity index (χ0n) is 9.46. The van der Waals surface area contributed by atoms with Crippen molar-refractivity contribution in [3.8, 4) is 6.07 Å². The van der Waals surface area contributed by atoms with Crippen LogP contribution in [-0.2, 0) is 4.74 Å². The highest BCUT2D eigenvalue weighted by Crippen LogP contribution is 2.15. The molecule has 1 rings (SSSR count). The predicted molar refractivity (Wildman–Crippen MR) is 60.7 cm³/mol. The minimum Gasteiger partial charge on any atom is -0.381 e. The molecule has 0 aliphatic carbocycles. The van der Waals surface area contributed by atoms with Gasteiger partial charge in [-0.1, -0.05) is 0 Å². The van der Waals surface area contributed by atoms with Crippen LogP contribution in [0.5, 0.6) is 0 Å². The van der Waals surface area contributed by atoms with Gasteiger partial charge < -0.3 is 10.1 Å². The maximum Gasteiger partial charge on any atom is 0.124 e. The largest absolute Gasteiger partial charge is 0.381 e. The molecule has 0 aliphatic heterocycles. The average molecular weight is 222 g/mol. The molecule has 0 radical (unpaired) electrons. The maximum absolute atomic E-state index is 12.9. The minimum absolute atomic E-state index is 0.0570. The second-order valence-corrected chi connectivity index (χ2v) is 3.45. The Labute approximate surface area is 94.8 Å². The van der Waals surface area contributed by atoms with Crippen LogP contribution in [0.25, 0.3) is 0 Å². The van der Waals surface area contributed by atoms with Gasteiger partial charge in [0.2, 0.25) is 0 Å². The molecule has 1 atom stereocenters. The first-order chi connectivity index (χ1) is 7.67. The van der Waals surface area contributed by atoms with Crippen molar-refractivity contribution in [1.29, 1.82) is 5.26 Å². The summed E-state index contributed by atoms with van der Waals surface area (Å²) < 4.78 is 18.2. The molecule has 0 bridgehead atoms. The third-order valence-corrected chi connectivity index (χ3v) is 2.13. The number of hydrogen-bond acceptors (Lipinski definition) is 3. The molecule has 1 aromatic rings. The van der Waals surface area contributed by atoms with Gasteiger partial charge in [-0.3, -0.25) is 0 Å². The molecule has 16 heavy (non-hydrogen) atoms. The van der Waals surface area contributed by atoms with Gasteiger partial charge in [0.25, 0.3) is 0 Å². The molecule has 3 nitrogen and oxygen atoms in total. The van der Waals surface area contributed by atoms with Crippen molar-refractivity contribution in [2.75, 3.05) is 18.5 Å². The van der Waals surface area contributed by atoms with Gasteiger partial charge in [0.1, 0.15) is 11.9 Å². The van der Waals surface area contributed by atoms with E-state index in [0.717, 1.165) is 0 Å². The second-order valence-electron chi connectivity index (χ2n) is 3.45. The second kappa shape index (κ2) is 6.09. The highest BCUT2D eigenvalue weighted by molar-refractivity contribution is 5.57. The van der Waals surface area contributed by atoms with E-state index in [1.807, 2.05) is 19.9 Å². The lowest BCUT2D eigenvalue weighted by atomic mass is 10.2. The first-order valence-corrected chi connectivity index (χ1v) is 5.22. The maximum atomic E-state index is 12.9. The summed E-state index contributed by atoms with van der Waals surface area (Å²) in [5.74, 6) is -0.403. The van der Waals surface area contributed by atoms with Crippen LogP contribution in [-0.4, -0.2) is 19.3 Å². The van der Waals surface area contributed by atoms with Gasteiger partial charge in [-0.15, -0.1) is 0 Å². The summed E-state index contributed by atoms with van der Waals surface area (Å²) in [5, 5.41) is 11.9. The highest BCUT2D eigenvalue weighted by Gasteiger charge is 2.05. The van der Waals surface area contributed by atoms with Crippen molar-refractivity contribution in [2.45, 2.75) is 20.0 Å². The van der Waals surface area contributed by atoms with Gasteiger partial charge in [0.05, 0.1) is 17.4 Å². The Balaban J connectivity index is 2.64. The number of halogens is 1. The normalized spacial score (nSPS) is 11.9. The van der Waals surface area contributed by atoms with E-state index in [0.29, 0.717) is 24.4 Å². The van der Waals surface area contributed by atoms with Crippen LogP contribution in [0.1, 0.15) is 19.4 Å². The lowest BCUT2D eigenvalue weighted by molar-refractivity contribution is 0.0855. The SMILES string of the molecule is CCOC(C)CNc1ccc(F)cc1C#N. The zero-order valence-corrected chi connectivity index (χ0v) is 9.46. The van der Waals surface area contributed by atoms with E-state index >= 15 is 0 Å². The van der Waals surface area contributed by atoms with Crippen molar-refractivity contribution in [3.05, 3.63) is 29.6 Å². The van der Waals surface area contributed by atoms with Crippen LogP contribution in [0.4, 0.5) is 10.1 Å². The van der Waals surface area contributed by atoms with E-state index in [4.69, 9.17) is 10.00 Å². The van der Waals surface area contributed by atoms with Gasteiger partial charge >= 0.3 is 0 Å². The Bertz CT molecular complexity index is 387. The fraction of sp³-hybridized carbons (Fsp3) is 0.417. The molecule has 1 unspecified atom stereocenters. The van der Waals surface area contributed by atoms with Gasteiger partial charge in [-0.25, -0.2) is 4.39 Å². The van der Waals surface area contributed by atoms with Crippen molar-refractivity contribution in [2.24, 2.45) is 0 Å². The van der Waals surface area contributed by atoms with Crippen LogP contribution in [0, 0.1) is 17.1 Å². The summed E-state index contributed by atoms with van der Waals surface area (Å²) in [7, 11) is 0. The van der Waals surface area contributed by atoms with Crippen LogP contribution in [0.2, 0.25) is 0 Å². The lowest BCUT2D eigenvalue weighted by Crippen LogP contribution is -2.20. The molecule has 0 saturated heterocycles. The van der Waals surface area contributed by atoms with Crippen LogP contribution in [0.3, 0.4) is 0 Å². The number of nitriles is 1. The molecule has 0 aliphatic rings. The first kappa shape index (κ1) is 12.5. The zero-order chi connectivity index (χ0) is 12.0. The molecule has 1 aromatic carbocycles. The predicted octanol–water partition coefficient (Wildman–Crippen LogP) is 2.53. The molecule has 86 valence electrons. The number of rotatable bonds is 5. The third kappa shape index (κ3) is 3.52. The average Bonchev–Trinajstić information content (AvgIpc) is 2.27. The number of anilines is 1. The summed E-state index contributed by atoms with van der Waals surface area (Å²) in [5.41, 5.74) is 0.944. The molecule has 0 spiro atoms. The third-order valence-electron chi connectivity index (χ3n) is 2.13. The molecule has 0 heterocycles. The molecule has 0 aromatic heterocycles. The van der Waals surface area contributed by atoms with Crippen molar-refractivity contribution < 1.29 is 9.13 Å². The first-order valence-electron chi connectivity index (χ1n) is 5.22. The molecule has 0 saturated carbocycles. The Morgan fingerprint density at radius 2 is 2.31 bits per heavy atom. The number of ether oxygens (including phenoxy) is 1. The van der Waals surface area contributed by atoms with Gasteiger partial charge in [0.15, 0.2) is 0 Å². The lowest BCUT2D eigenvalue weighted by Gasteiger charge is -2.14. The fourth-order valence-electron chi connectivity index (χ4n) is 1.36. The van der Waals surface area contributed by atoms with Crippen molar-refractivity contribution in [3.63, 3.8) is 0 Å². The summed E-state index contributed by atoms with van der Waals surface area (Å²) in [6, 6.07) is 6.05. The van der Waals surface area contributed by atoms with Gasteiger partial charge in [0, 0.05) is 13.2 Å². The Morgan fingerprint density at radius 3 is 2.94 bits per heavy atom. The summed E-state index contributed by atoms with van der Waals surface area (Å²) in [4.78, 5) is 0. The van der Waals surface area contributed by atoms with Gasteiger partial charge in [-0.05, 0) is 32.0 Å². The van der Waals surface area contributed by atoms with Crippen LogP contribution < -0.4 is 5.32 Å². The number of benzene rings is 1. The highest BCUT2D eigenvalue weighted by atomic mass is 19.1. The Morgan fingerprint density at radius 1 is 1.56 bits per heavy atom. The van der Waals surface area contributed by atoms with Crippen molar-refractivity contribution >= 4 is 5.69 Å². The summed E-state index contributed by atoms with van der Waals surface area (Å²) in [6.07, 6.45) is 0.0570. The van der Waals surface area contributed by atoms with E-state index in [9.17, 15) is 4.39 Å². The molecule has 1 N–H and O–H groups in total. The Kier molecular flexibility index (Phi) is 4.74. The van der Waals surface area contributed by atoms with Crippen molar-refractivity contribution in [1.82, 2.24) is 0 Å². The van der Waals surface area contributed by atoms with Gasteiger partial charge in [-0.2, -0.15) is 5.26 Å². The molecule has 4 heteroatoms. The topological polar surface area (TPSA) is 45.0 Å². The van der Waals surface area contributed by atoms with E-state index in [-0.39, 0.29) is 6.10 Å². The monoisotopic (exact) mass is 222 g/mol. The molecular weight excluding hydrogens is 207 g/mol. The summed E-state index contributed by atoms with van der Waals surface area (Å²) in [6.45, 7) is 5.10. The van der Waals surface area contributed by atoms with E-state index in [1.165, 1.54) is 12.1 Å². The standard InChI is InChI=1S/C12H15FN2O/c1-3-16-9(2)8-15-12-5-4-11(13)6-10(12)7-14/h4-6,9,15H,3,8H2,1-2H3.